The maximum Gasteiger partial charge on any atom is 0.417 e. The molecule has 16 heavy (non-hydrogen) atoms. The molecule has 1 aromatic carbocycles. The van der Waals surface area contributed by atoms with Crippen LogP contribution in [0.4, 0.5) is 26.3 Å². The molecule has 0 N–H and O–H groups in total. The van der Waals surface area contributed by atoms with Crippen LogP contribution >= 0.6 is 23.2 Å². The van der Waals surface area contributed by atoms with Crippen molar-refractivity contribution in [3.63, 3.8) is 0 Å². The zero-order valence-corrected chi connectivity index (χ0v) is 8.69. The summed E-state index contributed by atoms with van der Waals surface area (Å²) in [5.41, 5.74) is -3.70. The Morgan fingerprint density at radius 1 is 0.688 bits per heavy atom. The van der Waals surface area contributed by atoms with Crippen LogP contribution in [0.25, 0.3) is 0 Å². The number of hydrogen-bond donors (Lipinski definition) is 0. The van der Waals surface area contributed by atoms with Crippen molar-refractivity contribution in [1.82, 2.24) is 0 Å². The van der Waals surface area contributed by atoms with Gasteiger partial charge in [0, 0.05) is 0 Å². The second kappa shape index (κ2) is 4.00. The lowest BCUT2D eigenvalue weighted by Crippen LogP contribution is -2.16. The fourth-order valence-electron chi connectivity index (χ4n) is 1.02. The highest BCUT2D eigenvalue weighted by Crippen LogP contribution is 2.43. The zero-order chi connectivity index (χ0) is 12.7. The van der Waals surface area contributed by atoms with Crippen molar-refractivity contribution in [3.8, 4) is 0 Å². The van der Waals surface area contributed by atoms with E-state index in [1.54, 1.807) is 0 Å². The van der Waals surface area contributed by atoms with Crippen molar-refractivity contribution < 1.29 is 26.3 Å². The van der Waals surface area contributed by atoms with Gasteiger partial charge in [-0.2, -0.15) is 26.3 Å². The number of hydrogen-bond acceptors (Lipinski definition) is 0. The Morgan fingerprint density at radius 3 is 1.12 bits per heavy atom. The van der Waals surface area contributed by atoms with E-state index in [-0.39, 0.29) is 12.1 Å². The molecular formula is C8H2Cl2F6. The first-order valence-corrected chi connectivity index (χ1v) is 4.42. The van der Waals surface area contributed by atoms with Crippen LogP contribution in [0.3, 0.4) is 0 Å². The largest absolute Gasteiger partial charge is 0.417 e. The predicted molar refractivity (Wildman–Crippen MR) is 46.5 cm³/mol. The normalized spacial score (nSPS) is 13.0. The first-order valence-electron chi connectivity index (χ1n) is 3.67. The van der Waals surface area contributed by atoms with E-state index in [2.05, 4.69) is 0 Å². The Balaban J connectivity index is 3.53. The molecule has 0 amide bonds. The van der Waals surface area contributed by atoms with Crippen molar-refractivity contribution in [2.24, 2.45) is 0 Å². The first-order chi connectivity index (χ1) is 7.03. The fraction of sp³-hybridized carbons (Fsp3) is 0.250. The molecule has 90 valence electrons. The van der Waals surface area contributed by atoms with Crippen LogP contribution in [0, 0.1) is 0 Å². The molecular weight excluding hydrogens is 281 g/mol. The molecule has 0 fully saturated rings. The van der Waals surface area contributed by atoms with E-state index in [9.17, 15) is 26.3 Å². The summed E-state index contributed by atoms with van der Waals surface area (Å²) in [6, 6.07) is 0.319. The Hall–Kier alpha value is -0.620. The summed E-state index contributed by atoms with van der Waals surface area (Å²) in [6.07, 6.45) is -10.3. The number of halogens is 8. The SMILES string of the molecule is FC(F)(F)c1cc(Cl)c(Cl)cc1C(F)(F)F. The van der Waals surface area contributed by atoms with Gasteiger partial charge in [0.25, 0.3) is 0 Å². The molecule has 0 unspecified atom stereocenters. The van der Waals surface area contributed by atoms with Gasteiger partial charge in [0.05, 0.1) is 21.2 Å². The van der Waals surface area contributed by atoms with E-state index in [0.717, 1.165) is 0 Å². The third-order valence-corrected chi connectivity index (χ3v) is 2.39. The molecule has 0 atom stereocenters. The summed E-state index contributed by atoms with van der Waals surface area (Å²) in [6.45, 7) is 0. The van der Waals surface area contributed by atoms with Gasteiger partial charge in [-0.25, -0.2) is 0 Å². The third-order valence-electron chi connectivity index (χ3n) is 1.67. The van der Waals surface area contributed by atoms with Gasteiger partial charge in [0.2, 0.25) is 0 Å². The minimum absolute atomic E-state index is 0.159. The molecule has 0 aliphatic carbocycles. The Kier molecular flexibility index (Phi) is 3.36. The van der Waals surface area contributed by atoms with Gasteiger partial charge < -0.3 is 0 Å². The summed E-state index contributed by atoms with van der Waals surface area (Å²) >= 11 is 10.5. The highest BCUT2D eigenvalue weighted by molar-refractivity contribution is 6.42. The average molecular weight is 283 g/mol. The number of benzene rings is 1. The molecule has 0 saturated heterocycles. The van der Waals surface area contributed by atoms with E-state index in [1.807, 2.05) is 0 Å². The van der Waals surface area contributed by atoms with Gasteiger partial charge in [0.1, 0.15) is 0 Å². The average Bonchev–Trinajstić information content (AvgIpc) is 2.05. The number of alkyl halides is 6. The summed E-state index contributed by atoms with van der Waals surface area (Å²) in [5.74, 6) is 0. The van der Waals surface area contributed by atoms with Crippen LogP contribution in [0.1, 0.15) is 11.1 Å². The van der Waals surface area contributed by atoms with Crippen molar-refractivity contribution in [2.45, 2.75) is 12.4 Å². The Morgan fingerprint density at radius 2 is 0.938 bits per heavy atom. The summed E-state index contributed by atoms with van der Waals surface area (Å²) in [5, 5.41) is -1.16. The topological polar surface area (TPSA) is 0 Å². The Labute approximate surface area is 95.8 Å². The highest BCUT2D eigenvalue weighted by Gasteiger charge is 2.43. The van der Waals surface area contributed by atoms with E-state index < -0.39 is 33.5 Å². The lowest BCUT2D eigenvalue weighted by molar-refractivity contribution is -0.162. The third kappa shape index (κ3) is 2.74. The van der Waals surface area contributed by atoms with E-state index >= 15 is 0 Å². The van der Waals surface area contributed by atoms with Gasteiger partial charge >= 0.3 is 12.4 Å². The molecule has 1 rings (SSSR count). The van der Waals surface area contributed by atoms with Crippen LogP contribution in [0.2, 0.25) is 10.0 Å². The molecule has 8 heteroatoms. The standard InChI is InChI=1S/C8H2Cl2F6/c9-5-1-3(7(11,12)13)4(2-6(5)10)8(14,15)16/h1-2H. The molecule has 0 aliphatic rings. The molecule has 0 heterocycles. The molecule has 0 bridgehead atoms. The van der Waals surface area contributed by atoms with Crippen LogP contribution in [0.5, 0.6) is 0 Å². The van der Waals surface area contributed by atoms with E-state index in [0.29, 0.717) is 0 Å². The molecule has 0 nitrogen and oxygen atoms in total. The highest BCUT2D eigenvalue weighted by atomic mass is 35.5. The minimum atomic E-state index is -5.14. The summed E-state index contributed by atoms with van der Waals surface area (Å²) < 4.78 is 73.7. The van der Waals surface area contributed by atoms with E-state index in [1.165, 1.54) is 0 Å². The van der Waals surface area contributed by atoms with Crippen molar-refractivity contribution in [3.05, 3.63) is 33.3 Å². The van der Waals surface area contributed by atoms with Crippen LogP contribution < -0.4 is 0 Å². The second-order valence-corrected chi connectivity index (χ2v) is 3.62. The lowest BCUT2D eigenvalue weighted by atomic mass is 10.1. The maximum atomic E-state index is 12.3. The lowest BCUT2D eigenvalue weighted by Gasteiger charge is -2.16. The van der Waals surface area contributed by atoms with Crippen molar-refractivity contribution >= 4 is 23.2 Å². The smallest absolute Gasteiger partial charge is 0.166 e. The molecule has 0 aromatic heterocycles. The molecule has 1 aromatic rings. The molecule has 0 aliphatic heterocycles. The van der Waals surface area contributed by atoms with Crippen LogP contribution in [0.15, 0.2) is 12.1 Å². The zero-order valence-electron chi connectivity index (χ0n) is 7.18. The summed E-state index contributed by atoms with van der Waals surface area (Å²) in [4.78, 5) is 0. The quantitative estimate of drug-likeness (QED) is 0.586. The van der Waals surface area contributed by atoms with Gasteiger partial charge in [-0.15, -0.1) is 0 Å². The fourth-order valence-corrected chi connectivity index (χ4v) is 1.34. The van der Waals surface area contributed by atoms with Gasteiger partial charge in [0.15, 0.2) is 0 Å². The van der Waals surface area contributed by atoms with E-state index in [4.69, 9.17) is 23.2 Å². The summed E-state index contributed by atoms with van der Waals surface area (Å²) in [7, 11) is 0. The maximum absolute atomic E-state index is 12.3. The molecule has 0 spiro atoms. The monoisotopic (exact) mass is 282 g/mol. The number of rotatable bonds is 0. The predicted octanol–water partition coefficient (Wildman–Crippen LogP) is 5.03. The molecule has 0 saturated carbocycles. The van der Waals surface area contributed by atoms with Gasteiger partial charge in [-0.3, -0.25) is 0 Å². The van der Waals surface area contributed by atoms with Crippen LogP contribution in [-0.2, 0) is 12.4 Å². The van der Waals surface area contributed by atoms with Crippen molar-refractivity contribution in [1.29, 1.82) is 0 Å². The van der Waals surface area contributed by atoms with Gasteiger partial charge in [-0.1, -0.05) is 23.2 Å². The first kappa shape index (κ1) is 13.4. The second-order valence-electron chi connectivity index (χ2n) is 2.81. The Bertz CT molecular complexity index is 367. The van der Waals surface area contributed by atoms with Crippen molar-refractivity contribution in [2.75, 3.05) is 0 Å². The van der Waals surface area contributed by atoms with Crippen LogP contribution in [-0.4, -0.2) is 0 Å². The van der Waals surface area contributed by atoms with Gasteiger partial charge in [-0.05, 0) is 12.1 Å². The minimum Gasteiger partial charge on any atom is -0.166 e. The molecule has 0 radical (unpaired) electrons.